The quantitative estimate of drug-likeness (QED) is 0.636. The number of carboxylic acids is 1. The molecule has 1 N–H and O–H groups in total. The first-order valence-electron chi connectivity index (χ1n) is 8.00. The van der Waals surface area contributed by atoms with Crippen LogP contribution in [0.4, 0.5) is 4.39 Å². The third-order valence-electron chi connectivity index (χ3n) is 3.88. The van der Waals surface area contributed by atoms with Crippen LogP contribution in [0.2, 0.25) is 5.02 Å². The monoisotopic (exact) mass is 370 g/mol. The fourth-order valence-electron chi connectivity index (χ4n) is 2.65. The van der Waals surface area contributed by atoms with E-state index in [4.69, 9.17) is 16.3 Å². The zero-order chi connectivity index (χ0) is 18.5. The Hall–Kier alpha value is -2.85. The Morgan fingerprint density at radius 2 is 1.81 bits per heavy atom. The Morgan fingerprint density at radius 3 is 2.50 bits per heavy atom. The molecule has 0 saturated carbocycles. The van der Waals surface area contributed by atoms with Crippen molar-refractivity contribution in [2.45, 2.75) is 13.0 Å². The van der Waals surface area contributed by atoms with Crippen molar-refractivity contribution in [3.63, 3.8) is 0 Å². The Bertz CT molecular complexity index is 926. The minimum atomic E-state index is -0.983. The maximum atomic E-state index is 14.2. The van der Waals surface area contributed by atoms with Gasteiger partial charge < -0.3 is 9.84 Å². The Morgan fingerprint density at radius 1 is 1.04 bits per heavy atom. The first-order chi connectivity index (χ1) is 12.5. The van der Waals surface area contributed by atoms with Crippen LogP contribution >= 0.6 is 11.6 Å². The summed E-state index contributed by atoms with van der Waals surface area (Å²) in [4.78, 5) is 11.2. The first-order valence-corrected chi connectivity index (χ1v) is 8.37. The third kappa shape index (κ3) is 4.41. The maximum absolute atomic E-state index is 14.2. The highest BCUT2D eigenvalue weighted by molar-refractivity contribution is 6.30. The van der Waals surface area contributed by atoms with Gasteiger partial charge in [0.25, 0.3) is 0 Å². The van der Waals surface area contributed by atoms with Crippen LogP contribution in [0.1, 0.15) is 11.1 Å². The highest BCUT2D eigenvalue weighted by atomic mass is 35.5. The van der Waals surface area contributed by atoms with E-state index in [0.29, 0.717) is 34.1 Å². The molecular weight excluding hydrogens is 355 g/mol. The van der Waals surface area contributed by atoms with E-state index in [-0.39, 0.29) is 6.42 Å². The molecule has 3 rings (SSSR count). The number of carboxylic acid groups (broad SMARTS) is 1. The van der Waals surface area contributed by atoms with Crippen LogP contribution in [0.5, 0.6) is 5.75 Å². The van der Waals surface area contributed by atoms with Crippen molar-refractivity contribution in [2.24, 2.45) is 0 Å². The van der Waals surface area contributed by atoms with Crippen molar-refractivity contribution in [2.75, 3.05) is 0 Å². The normalized spacial score (nSPS) is 10.5. The zero-order valence-corrected chi connectivity index (χ0v) is 14.5. The SMILES string of the molecule is O=C(O)Cc1cc(-c2ccc(Cl)cc2F)ccc1OCc1ccccc1. The summed E-state index contributed by atoms with van der Waals surface area (Å²) in [6, 6.07) is 19.0. The lowest BCUT2D eigenvalue weighted by atomic mass is 10.0. The molecule has 0 aromatic heterocycles. The molecule has 0 amide bonds. The van der Waals surface area contributed by atoms with Crippen molar-refractivity contribution in [3.05, 3.63) is 88.7 Å². The molecule has 0 bridgehead atoms. The van der Waals surface area contributed by atoms with Gasteiger partial charge in [0, 0.05) is 16.1 Å². The number of hydrogen-bond acceptors (Lipinski definition) is 2. The molecule has 0 aliphatic rings. The topological polar surface area (TPSA) is 46.5 Å². The van der Waals surface area contributed by atoms with Gasteiger partial charge in [-0.1, -0.05) is 48.0 Å². The molecule has 3 nitrogen and oxygen atoms in total. The molecule has 0 saturated heterocycles. The average Bonchev–Trinajstić information content (AvgIpc) is 2.61. The average molecular weight is 371 g/mol. The van der Waals surface area contributed by atoms with Gasteiger partial charge in [-0.3, -0.25) is 4.79 Å². The molecule has 0 spiro atoms. The van der Waals surface area contributed by atoms with Crippen LogP contribution in [0.3, 0.4) is 0 Å². The Labute approximate surface area is 155 Å². The number of rotatable bonds is 6. The van der Waals surface area contributed by atoms with E-state index in [2.05, 4.69) is 0 Å². The molecule has 0 atom stereocenters. The highest BCUT2D eigenvalue weighted by Crippen LogP contribution is 2.30. The molecule has 0 heterocycles. The predicted molar refractivity (Wildman–Crippen MR) is 99.0 cm³/mol. The van der Waals surface area contributed by atoms with E-state index in [0.717, 1.165) is 5.56 Å². The predicted octanol–water partition coefficient (Wildman–Crippen LogP) is 5.35. The summed E-state index contributed by atoms with van der Waals surface area (Å²) in [6.45, 7) is 0.322. The summed E-state index contributed by atoms with van der Waals surface area (Å²) >= 11 is 5.79. The van der Waals surface area contributed by atoms with Crippen LogP contribution in [0, 0.1) is 5.82 Å². The largest absolute Gasteiger partial charge is 0.489 e. The van der Waals surface area contributed by atoms with Crippen molar-refractivity contribution < 1.29 is 19.0 Å². The number of aliphatic carboxylic acids is 1. The van der Waals surface area contributed by atoms with Crippen LogP contribution in [0.15, 0.2) is 66.7 Å². The van der Waals surface area contributed by atoms with Crippen molar-refractivity contribution in [1.82, 2.24) is 0 Å². The molecular formula is C21H16ClFO3. The number of halogens is 2. The van der Waals surface area contributed by atoms with E-state index < -0.39 is 11.8 Å². The highest BCUT2D eigenvalue weighted by Gasteiger charge is 2.13. The van der Waals surface area contributed by atoms with E-state index in [1.54, 1.807) is 30.3 Å². The van der Waals surface area contributed by atoms with Crippen molar-refractivity contribution in [3.8, 4) is 16.9 Å². The lowest BCUT2D eigenvalue weighted by Crippen LogP contribution is -2.04. The van der Waals surface area contributed by atoms with Gasteiger partial charge in [0.05, 0.1) is 6.42 Å². The molecule has 0 aliphatic carbocycles. The van der Waals surface area contributed by atoms with Crippen LogP contribution < -0.4 is 4.74 Å². The van der Waals surface area contributed by atoms with Crippen LogP contribution in [-0.4, -0.2) is 11.1 Å². The van der Waals surface area contributed by atoms with Gasteiger partial charge in [-0.05, 0) is 41.5 Å². The van der Waals surface area contributed by atoms with E-state index in [9.17, 15) is 14.3 Å². The number of carbonyl (C=O) groups is 1. The smallest absolute Gasteiger partial charge is 0.307 e. The summed E-state index contributed by atoms with van der Waals surface area (Å²) in [6.07, 6.45) is -0.215. The number of ether oxygens (including phenoxy) is 1. The van der Waals surface area contributed by atoms with Crippen molar-refractivity contribution >= 4 is 17.6 Å². The second-order valence-electron chi connectivity index (χ2n) is 5.79. The van der Waals surface area contributed by atoms with Gasteiger partial charge in [0.15, 0.2) is 0 Å². The summed E-state index contributed by atoms with van der Waals surface area (Å²) in [5.41, 5.74) is 2.39. The zero-order valence-electron chi connectivity index (χ0n) is 13.8. The van der Waals surface area contributed by atoms with E-state index in [1.165, 1.54) is 6.07 Å². The second kappa shape index (κ2) is 8.02. The lowest BCUT2D eigenvalue weighted by Gasteiger charge is -2.13. The van der Waals surface area contributed by atoms with E-state index >= 15 is 0 Å². The summed E-state index contributed by atoms with van der Waals surface area (Å²) < 4.78 is 20.0. The summed E-state index contributed by atoms with van der Waals surface area (Å²) in [7, 11) is 0. The molecule has 0 radical (unpaired) electrons. The standard InChI is InChI=1S/C21H16ClFO3/c22-17-7-8-18(19(23)12-17)15-6-9-20(16(10-15)11-21(24)25)26-13-14-4-2-1-3-5-14/h1-10,12H,11,13H2,(H,24,25). The first kappa shape index (κ1) is 18.0. The number of benzene rings is 3. The lowest BCUT2D eigenvalue weighted by molar-refractivity contribution is -0.136. The van der Waals surface area contributed by atoms with Crippen LogP contribution in [-0.2, 0) is 17.8 Å². The van der Waals surface area contributed by atoms with Gasteiger partial charge >= 0.3 is 5.97 Å². The Kier molecular flexibility index (Phi) is 5.54. The minimum Gasteiger partial charge on any atom is -0.489 e. The van der Waals surface area contributed by atoms with Gasteiger partial charge in [-0.25, -0.2) is 4.39 Å². The summed E-state index contributed by atoms with van der Waals surface area (Å²) in [5, 5.41) is 9.49. The molecule has 0 aliphatic heterocycles. The van der Waals surface area contributed by atoms with Crippen molar-refractivity contribution in [1.29, 1.82) is 0 Å². The molecule has 132 valence electrons. The fraction of sp³-hybridized carbons (Fsp3) is 0.0952. The van der Waals surface area contributed by atoms with Gasteiger partial charge in [-0.2, -0.15) is 0 Å². The molecule has 0 fully saturated rings. The molecule has 3 aromatic carbocycles. The van der Waals surface area contributed by atoms with Crippen LogP contribution in [0.25, 0.3) is 11.1 Å². The molecule has 5 heteroatoms. The number of hydrogen-bond donors (Lipinski definition) is 1. The molecule has 3 aromatic rings. The second-order valence-corrected chi connectivity index (χ2v) is 6.23. The summed E-state index contributed by atoms with van der Waals surface area (Å²) in [5.74, 6) is -0.977. The molecule has 0 unspecified atom stereocenters. The Balaban J connectivity index is 1.91. The van der Waals surface area contributed by atoms with Gasteiger partial charge in [-0.15, -0.1) is 0 Å². The third-order valence-corrected chi connectivity index (χ3v) is 4.12. The van der Waals surface area contributed by atoms with E-state index in [1.807, 2.05) is 30.3 Å². The van der Waals surface area contributed by atoms with Gasteiger partial charge in [0.2, 0.25) is 0 Å². The fourth-order valence-corrected chi connectivity index (χ4v) is 2.81. The maximum Gasteiger partial charge on any atom is 0.307 e. The molecule has 26 heavy (non-hydrogen) atoms. The van der Waals surface area contributed by atoms with Gasteiger partial charge in [0.1, 0.15) is 18.2 Å². The minimum absolute atomic E-state index is 0.215.